The van der Waals surface area contributed by atoms with Crippen molar-refractivity contribution in [1.82, 2.24) is 0 Å². The first-order valence-electron chi connectivity index (χ1n) is 6.61. The Bertz CT molecular complexity index is 650. The summed E-state index contributed by atoms with van der Waals surface area (Å²) in [6.07, 6.45) is -0.811. The van der Waals surface area contributed by atoms with Gasteiger partial charge in [0.05, 0.1) is 19.8 Å². The van der Waals surface area contributed by atoms with Crippen LogP contribution in [0.25, 0.3) is 0 Å². The number of benzene rings is 2. The number of aromatic hydroxyl groups is 2. The number of methoxy groups -OCH3 is 1. The van der Waals surface area contributed by atoms with Gasteiger partial charge in [0.1, 0.15) is 5.75 Å². The van der Waals surface area contributed by atoms with Gasteiger partial charge in [-0.05, 0) is 29.8 Å². The lowest BCUT2D eigenvalue weighted by Gasteiger charge is -2.31. The van der Waals surface area contributed by atoms with Crippen LogP contribution < -0.4 is 9.47 Å². The summed E-state index contributed by atoms with van der Waals surface area (Å²) in [7, 11) is 1.60. The molecule has 2 unspecified atom stereocenters. The lowest BCUT2D eigenvalue weighted by Crippen LogP contribution is -2.24. The van der Waals surface area contributed by atoms with E-state index in [1.165, 1.54) is 6.07 Å². The summed E-state index contributed by atoms with van der Waals surface area (Å²) in [4.78, 5) is 0. The third kappa shape index (κ3) is 2.25. The third-order valence-electron chi connectivity index (χ3n) is 3.79. The molecule has 3 rings (SSSR count). The fourth-order valence-corrected chi connectivity index (χ4v) is 2.57. The number of hydrogen-bond acceptors (Lipinski definition) is 5. The Hall–Kier alpha value is -2.40. The maximum atomic E-state index is 10.5. The Kier molecular flexibility index (Phi) is 3.35. The van der Waals surface area contributed by atoms with Crippen LogP contribution in [-0.4, -0.2) is 29.0 Å². The van der Waals surface area contributed by atoms with Crippen LogP contribution >= 0.6 is 0 Å². The number of ether oxygens (including phenoxy) is 2. The molecule has 0 aromatic heterocycles. The highest BCUT2D eigenvalue weighted by Gasteiger charge is 2.33. The fourth-order valence-electron chi connectivity index (χ4n) is 2.57. The van der Waals surface area contributed by atoms with Gasteiger partial charge in [0, 0.05) is 11.5 Å². The molecule has 0 aliphatic carbocycles. The van der Waals surface area contributed by atoms with E-state index in [-0.39, 0.29) is 29.8 Å². The molecule has 0 saturated heterocycles. The zero-order valence-corrected chi connectivity index (χ0v) is 11.5. The molecule has 2 aromatic carbocycles. The highest BCUT2D eigenvalue weighted by molar-refractivity contribution is 5.56. The monoisotopic (exact) mass is 288 g/mol. The standard InChI is InChI=1S/C16H16O5/c1-20-10-4-2-9(3-5-10)12-8-21-16-11(14(12)18)6-7-13(17)15(16)19/h2-7,12,14,17-19H,8H2,1H3. The third-order valence-corrected chi connectivity index (χ3v) is 3.79. The number of hydrogen-bond donors (Lipinski definition) is 3. The van der Waals surface area contributed by atoms with Crippen LogP contribution in [0.5, 0.6) is 23.0 Å². The average Bonchev–Trinajstić information content (AvgIpc) is 2.52. The second-order valence-corrected chi connectivity index (χ2v) is 4.99. The van der Waals surface area contributed by atoms with Gasteiger partial charge in [-0.25, -0.2) is 0 Å². The largest absolute Gasteiger partial charge is 0.504 e. The summed E-state index contributed by atoms with van der Waals surface area (Å²) < 4.78 is 10.6. The molecule has 0 fully saturated rings. The first-order chi connectivity index (χ1) is 10.1. The second kappa shape index (κ2) is 5.18. The summed E-state index contributed by atoms with van der Waals surface area (Å²) in [6, 6.07) is 10.3. The molecule has 0 spiro atoms. The minimum absolute atomic E-state index is 0.146. The van der Waals surface area contributed by atoms with E-state index in [1.54, 1.807) is 13.2 Å². The molecule has 110 valence electrons. The smallest absolute Gasteiger partial charge is 0.200 e. The van der Waals surface area contributed by atoms with E-state index in [0.717, 1.165) is 11.3 Å². The molecule has 5 heteroatoms. The van der Waals surface area contributed by atoms with Crippen molar-refractivity contribution in [2.75, 3.05) is 13.7 Å². The number of rotatable bonds is 2. The van der Waals surface area contributed by atoms with E-state index in [1.807, 2.05) is 24.3 Å². The highest BCUT2D eigenvalue weighted by atomic mass is 16.5. The maximum absolute atomic E-state index is 10.5. The van der Waals surface area contributed by atoms with Crippen LogP contribution in [0.4, 0.5) is 0 Å². The van der Waals surface area contributed by atoms with E-state index in [0.29, 0.717) is 5.56 Å². The van der Waals surface area contributed by atoms with E-state index in [2.05, 4.69) is 0 Å². The van der Waals surface area contributed by atoms with Crippen LogP contribution in [0.3, 0.4) is 0 Å². The molecule has 1 aliphatic rings. The van der Waals surface area contributed by atoms with Gasteiger partial charge in [0.25, 0.3) is 0 Å². The second-order valence-electron chi connectivity index (χ2n) is 4.99. The fraction of sp³-hybridized carbons (Fsp3) is 0.250. The van der Waals surface area contributed by atoms with E-state index in [9.17, 15) is 15.3 Å². The maximum Gasteiger partial charge on any atom is 0.200 e. The van der Waals surface area contributed by atoms with Crippen molar-refractivity contribution >= 4 is 0 Å². The van der Waals surface area contributed by atoms with Gasteiger partial charge in [-0.15, -0.1) is 0 Å². The van der Waals surface area contributed by atoms with Crippen LogP contribution in [0.1, 0.15) is 23.1 Å². The zero-order valence-electron chi connectivity index (χ0n) is 11.5. The molecule has 0 bridgehead atoms. The van der Waals surface area contributed by atoms with E-state index in [4.69, 9.17) is 9.47 Å². The summed E-state index contributed by atoms with van der Waals surface area (Å²) >= 11 is 0. The minimum Gasteiger partial charge on any atom is -0.504 e. The lowest BCUT2D eigenvalue weighted by atomic mass is 9.87. The van der Waals surface area contributed by atoms with Gasteiger partial charge in [0.15, 0.2) is 11.5 Å². The summed E-state index contributed by atoms with van der Waals surface area (Å²) in [5.41, 5.74) is 1.39. The molecular weight excluding hydrogens is 272 g/mol. The lowest BCUT2D eigenvalue weighted by molar-refractivity contribution is 0.0864. The predicted molar refractivity (Wildman–Crippen MR) is 76.0 cm³/mol. The Morgan fingerprint density at radius 2 is 1.81 bits per heavy atom. The molecular formula is C16H16O5. The van der Waals surface area contributed by atoms with Gasteiger partial charge < -0.3 is 24.8 Å². The van der Waals surface area contributed by atoms with Crippen molar-refractivity contribution in [3.05, 3.63) is 47.5 Å². The number of phenolic OH excluding ortho intramolecular Hbond substituents is 2. The van der Waals surface area contributed by atoms with Crippen LogP contribution in [0, 0.1) is 0 Å². The summed E-state index contributed by atoms with van der Waals surface area (Å²) in [5, 5.41) is 29.8. The van der Waals surface area contributed by atoms with Gasteiger partial charge >= 0.3 is 0 Å². The van der Waals surface area contributed by atoms with Crippen molar-refractivity contribution in [2.24, 2.45) is 0 Å². The van der Waals surface area contributed by atoms with Gasteiger partial charge in [0.2, 0.25) is 5.75 Å². The van der Waals surface area contributed by atoms with E-state index >= 15 is 0 Å². The number of fused-ring (bicyclic) bond motifs is 1. The number of aliphatic hydroxyl groups excluding tert-OH is 1. The van der Waals surface area contributed by atoms with Crippen molar-refractivity contribution < 1.29 is 24.8 Å². The Morgan fingerprint density at radius 3 is 2.48 bits per heavy atom. The van der Waals surface area contributed by atoms with Crippen molar-refractivity contribution in [3.63, 3.8) is 0 Å². The Balaban J connectivity index is 1.94. The molecule has 0 amide bonds. The highest BCUT2D eigenvalue weighted by Crippen LogP contribution is 2.47. The first-order valence-corrected chi connectivity index (χ1v) is 6.61. The molecule has 1 aliphatic heterocycles. The Labute approximate surface area is 122 Å². The molecule has 2 aromatic rings. The van der Waals surface area contributed by atoms with Crippen molar-refractivity contribution in [2.45, 2.75) is 12.0 Å². The Morgan fingerprint density at radius 1 is 1.10 bits per heavy atom. The van der Waals surface area contributed by atoms with E-state index < -0.39 is 6.10 Å². The quantitative estimate of drug-likeness (QED) is 0.739. The predicted octanol–water partition coefficient (Wildman–Crippen LogP) is 2.32. The SMILES string of the molecule is COc1ccc(C2COc3c(ccc(O)c3O)C2O)cc1. The molecule has 0 radical (unpaired) electrons. The first kappa shape index (κ1) is 13.6. The topological polar surface area (TPSA) is 79.2 Å². The number of phenols is 2. The molecule has 3 N–H and O–H groups in total. The molecule has 0 saturated carbocycles. The average molecular weight is 288 g/mol. The molecule has 2 atom stereocenters. The van der Waals surface area contributed by atoms with Gasteiger partial charge in [-0.2, -0.15) is 0 Å². The van der Waals surface area contributed by atoms with Crippen LogP contribution in [0.15, 0.2) is 36.4 Å². The van der Waals surface area contributed by atoms with Gasteiger partial charge in [-0.3, -0.25) is 0 Å². The van der Waals surface area contributed by atoms with Crippen LogP contribution in [0.2, 0.25) is 0 Å². The van der Waals surface area contributed by atoms with Gasteiger partial charge in [-0.1, -0.05) is 12.1 Å². The normalized spacial score (nSPS) is 20.5. The van der Waals surface area contributed by atoms with Crippen molar-refractivity contribution in [3.8, 4) is 23.0 Å². The summed E-state index contributed by atoms with van der Waals surface area (Å²) in [5.74, 6) is 0.0520. The number of aliphatic hydroxyl groups is 1. The molecule has 1 heterocycles. The molecule has 5 nitrogen and oxygen atoms in total. The summed E-state index contributed by atoms with van der Waals surface area (Å²) in [6.45, 7) is 0.220. The van der Waals surface area contributed by atoms with Crippen molar-refractivity contribution in [1.29, 1.82) is 0 Å². The van der Waals surface area contributed by atoms with Crippen LogP contribution in [-0.2, 0) is 0 Å². The molecule has 21 heavy (non-hydrogen) atoms. The zero-order chi connectivity index (χ0) is 15.0. The minimum atomic E-state index is -0.811.